The van der Waals surface area contributed by atoms with Crippen molar-refractivity contribution in [3.63, 3.8) is 0 Å². The van der Waals surface area contributed by atoms with Gasteiger partial charge in [0.15, 0.2) is 0 Å². The summed E-state index contributed by atoms with van der Waals surface area (Å²) in [6.45, 7) is 0. The van der Waals surface area contributed by atoms with Gasteiger partial charge in [-0.2, -0.15) is 0 Å². The van der Waals surface area contributed by atoms with Gasteiger partial charge in [-0.3, -0.25) is 4.99 Å². The van der Waals surface area contributed by atoms with Crippen molar-refractivity contribution in [3.05, 3.63) is 41.6 Å². The highest BCUT2D eigenvalue weighted by molar-refractivity contribution is 6.30. The zero-order chi connectivity index (χ0) is 8.81. The molecule has 1 rings (SSSR count). The summed E-state index contributed by atoms with van der Waals surface area (Å²) in [7, 11) is 0. The highest BCUT2D eigenvalue weighted by atomic mass is 35.5. The van der Waals surface area contributed by atoms with Crippen LogP contribution in [0.1, 0.15) is 0 Å². The number of halogens is 1. The molecule has 0 aromatic heterocycles. The van der Waals surface area contributed by atoms with Gasteiger partial charge >= 0.3 is 0 Å². The molecule has 0 bridgehead atoms. The molecular weight excluding hydrogens is 172 g/mol. The van der Waals surface area contributed by atoms with Gasteiger partial charge in [0, 0.05) is 11.2 Å². The van der Waals surface area contributed by atoms with Gasteiger partial charge in [0.2, 0.25) is 0 Å². The largest absolute Gasteiger partial charge is 0.405 e. The fourth-order valence-electron chi connectivity index (χ4n) is 0.735. The van der Waals surface area contributed by atoms with Crippen LogP contribution in [-0.2, 0) is 0 Å². The maximum Gasteiger partial charge on any atom is 0.0644 e. The second-order valence-corrected chi connectivity index (χ2v) is 2.58. The molecule has 3 heteroatoms. The van der Waals surface area contributed by atoms with Crippen LogP contribution in [0.3, 0.4) is 0 Å². The van der Waals surface area contributed by atoms with Crippen LogP contribution in [0.4, 0.5) is 5.69 Å². The van der Waals surface area contributed by atoms with Crippen molar-refractivity contribution in [1.82, 2.24) is 0 Å². The van der Waals surface area contributed by atoms with E-state index in [0.29, 0.717) is 5.02 Å². The second-order valence-electron chi connectivity index (χ2n) is 2.14. The van der Waals surface area contributed by atoms with Crippen LogP contribution in [0.25, 0.3) is 0 Å². The first kappa shape index (κ1) is 8.81. The van der Waals surface area contributed by atoms with Gasteiger partial charge in [0.25, 0.3) is 0 Å². The lowest BCUT2D eigenvalue weighted by Gasteiger charge is -1.91. The SMILES string of the molecule is NC=CC=Nc1cccc(Cl)c1. The summed E-state index contributed by atoms with van der Waals surface area (Å²) in [5, 5.41) is 0.682. The fraction of sp³-hybridized carbons (Fsp3) is 0. The predicted octanol–water partition coefficient (Wildman–Crippen LogP) is 2.51. The Hall–Kier alpha value is -1.28. The Morgan fingerprint density at radius 3 is 2.92 bits per heavy atom. The Morgan fingerprint density at radius 2 is 2.25 bits per heavy atom. The van der Waals surface area contributed by atoms with E-state index >= 15 is 0 Å². The molecule has 12 heavy (non-hydrogen) atoms. The van der Waals surface area contributed by atoms with E-state index in [2.05, 4.69) is 4.99 Å². The van der Waals surface area contributed by atoms with E-state index in [-0.39, 0.29) is 0 Å². The molecule has 0 amide bonds. The standard InChI is InChI=1S/C9H9ClN2/c10-8-3-1-4-9(7-8)12-6-2-5-11/h1-7H,11H2. The third-order valence-corrected chi connectivity index (χ3v) is 1.46. The van der Waals surface area contributed by atoms with Crippen LogP contribution in [-0.4, -0.2) is 6.21 Å². The predicted molar refractivity (Wildman–Crippen MR) is 52.9 cm³/mol. The molecule has 0 unspecified atom stereocenters. The Kier molecular flexibility index (Phi) is 3.35. The first-order chi connectivity index (χ1) is 5.83. The van der Waals surface area contributed by atoms with Crippen molar-refractivity contribution in [3.8, 4) is 0 Å². The van der Waals surface area contributed by atoms with Crippen LogP contribution >= 0.6 is 11.6 Å². The number of nitrogens with zero attached hydrogens (tertiary/aromatic N) is 1. The minimum atomic E-state index is 0.682. The summed E-state index contributed by atoms with van der Waals surface area (Å²) < 4.78 is 0. The zero-order valence-electron chi connectivity index (χ0n) is 6.44. The van der Waals surface area contributed by atoms with E-state index in [1.54, 1.807) is 24.4 Å². The van der Waals surface area contributed by atoms with Crippen LogP contribution in [0.15, 0.2) is 41.5 Å². The van der Waals surface area contributed by atoms with Crippen molar-refractivity contribution in [2.75, 3.05) is 0 Å². The molecule has 2 nitrogen and oxygen atoms in total. The van der Waals surface area contributed by atoms with Gasteiger partial charge in [-0.05, 0) is 30.5 Å². The van der Waals surface area contributed by atoms with Crippen LogP contribution < -0.4 is 5.73 Å². The van der Waals surface area contributed by atoms with E-state index < -0.39 is 0 Å². The number of nitrogens with two attached hydrogens (primary N) is 1. The van der Waals surface area contributed by atoms with Crippen molar-refractivity contribution in [2.24, 2.45) is 10.7 Å². The van der Waals surface area contributed by atoms with E-state index in [1.807, 2.05) is 12.1 Å². The lowest BCUT2D eigenvalue weighted by Crippen LogP contribution is -1.75. The first-order valence-corrected chi connectivity index (χ1v) is 3.87. The van der Waals surface area contributed by atoms with Gasteiger partial charge < -0.3 is 5.73 Å². The molecule has 0 aliphatic rings. The van der Waals surface area contributed by atoms with Gasteiger partial charge in [-0.1, -0.05) is 17.7 Å². The Balaban J connectivity index is 2.76. The van der Waals surface area contributed by atoms with Crippen molar-refractivity contribution < 1.29 is 0 Å². The van der Waals surface area contributed by atoms with Gasteiger partial charge in [0.05, 0.1) is 5.69 Å². The molecule has 0 saturated carbocycles. The lowest BCUT2D eigenvalue weighted by atomic mass is 10.3. The van der Waals surface area contributed by atoms with Crippen LogP contribution in [0.5, 0.6) is 0 Å². The summed E-state index contributed by atoms with van der Waals surface area (Å²) in [6.07, 6.45) is 4.70. The molecule has 0 radical (unpaired) electrons. The molecule has 0 saturated heterocycles. The maximum atomic E-state index is 5.74. The highest BCUT2D eigenvalue weighted by Crippen LogP contribution is 2.16. The smallest absolute Gasteiger partial charge is 0.0644 e. The zero-order valence-corrected chi connectivity index (χ0v) is 7.20. The molecule has 0 spiro atoms. The fourth-order valence-corrected chi connectivity index (χ4v) is 0.920. The number of benzene rings is 1. The molecule has 0 aliphatic carbocycles. The average Bonchev–Trinajstić information content (AvgIpc) is 2.05. The van der Waals surface area contributed by atoms with E-state index in [9.17, 15) is 0 Å². The van der Waals surface area contributed by atoms with Crippen LogP contribution in [0, 0.1) is 0 Å². The number of rotatable bonds is 2. The highest BCUT2D eigenvalue weighted by Gasteiger charge is 1.87. The third-order valence-electron chi connectivity index (χ3n) is 1.23. The summed E-state index contributed by atoms with van der Waals surface area (Å²) in [4.78, 5) is 4.08. The maximum absolute atomic E-state index is 5.74. The molecule has 2 N–H and O–H groups in total. The topological polar surface area (TPSA) is 38.4 Å². The van der Waals surface area contributed by atoms with Crippen molar-refractivity contribution >= 4 is 23.5 Å². The lowest BCUT2D eigenvalue weighted by molar-refractivity contribution is 1.53. The summed E-state index contributed by atoms with van der Waals surface area (Å²) >= 11 is 5.74. The molecular formula is C9H9ClN2. The molecule has 0 aliphatic heterocycles. The molecule has 62 valence electrons. The number of hydrogen-bond donors (Lipinski definition) is 1. The first-order valence-electron chi connectivity index (χ1n) is 3.49. The van der Waals surface area contributed by atoms with Crippen molar-refractivity contribution in [1.29, 1.82) is 0 Å². The minimum absolute atomic E-state index is 0.682. The number of allylic oxidation sites excluding steroid dienone is 1. The molecule has 0 atom stereocenters. The molecule has 0 fully saturated rings. The van der Waals surface area contributed by atoms with E-state index in [4.69, 9.17) is 17.3 Å². The van der Waals surface area contributed by atoms with Gasteiger partial charge in [0.1, 0.15) is 0 Å². The Bertz CT molecular complexity index is 305. The van der Waals surface area contributed by atoms with E-state index in [0.717, 1.165) is 5.69 Å². The van der Waals surface area contributed by atoms with Crippen molar-refractivity contribution in [2.45, 2.75) is 0 Å². The van der Waals surface area contributed by atoms with E-state index in [1.165, 1.54) is 6.20 Å². The summed E-state index contributed by atoms with van der Waals surface area (Å²) in [5.41, 5.74) is 5.94. The van der Waals surface area contributed by atoms with Gasteiger partial charge in [-0.25, -0.2) is 0 Å². The average molecular weight is 181 g/mol. The second kappa shape index (κ2) is 4.57. The number of aliphatic imine (C=N–C) groups is 1. The van der Waals surface area contributed by atoms with Crippen LogP contribution in [0.2, 0.25) is 5.02 Å². The monoisotopic (exact) mass is 180 g/mol. The Labute approximate surface area is 76.4 Å². The molecule has 0 heterocycles. The summed E-state index contributed by atoms with van der Waals surface area (Å²) in [5.74, 6) is 0. The molecule has 1 aromatic rings. The quantitative estimate of drug-likeness (QED) is 0.698. The number of hydrogen-bond acceptors (Lipinski definition) is 2. The third kappa shape index (κ3) is 2.76. The summed E-state index contributed by atoms with van der Waals surface area (Å²) in [6, 6.07) is 7.30. The Morgan fingerprint density at radius 1 is 1.42 bits per heavy atom. The minimum Gasteiger partial charge on any atom is -0.405 e. The molecule has 1 aromatic carbocycles. The normalized spacial score (nSPS) is 11.4. The van der Waals surface area contributed by atoms with Gasteiger partial charge in [-0.15, -0.1) is 0 Å².